The number of hydrogen-bond acceptors (Lipinski definition) is 5. The molecule has 3 aromatic rings. The van der Waals surface area contributed by atoms with Crippen molar-refractivity contribution in [2.75, 3.05) is 12.4 Å². The third-order valence-corrected chi connectivity index (χ3v) is 3.57. The number of anilines is 1. The monoisotopic (exact) mass is 336 g/mol. The molecule has 25 heavy (non-hydrogen) atoms. The third-order valence-electron chi connectivity index (χ3n) is 3.57. The number of rotatable bonds is 5. The van der Waals surface area contributed by atoms with E-state index >= 15 is 0 Å². The molecule has 0 bridgehead atoms. The van der Waals surface area contributed by atoms with Crippen molar-refractivity contribution in [3.05, 3.63) is 71.9 Å². The van der Waals surface area contributed by atoms with Gasteiger partial charge in [0.15, 0.2) is 5.76 Å². The molecule has 0 spiro atoms. The number of carbonyl (C=O) groups is 2. The average Bonchev–Trinajstić information content (AvgIpc) is 3.10. The van der Waals surface area contributed by atoms with Crippen LogP contribution in [-0.4, -0.2) is 24.1 Å². The highest BCUT2D eigenvalue weighted by atomic mass is 16.5. The molecule has 0 aliphatic carbocycles. The molecule has 6 heteroatoms. The highest BCUT2D eigenvalue weighted by Crippen LogP contribution is 2.20. The lowest BCUT2D eigenvalue weighted by molar-refractivity contribution is -0.115. The van der Waals surface area contributed by atoms with Gasteiger partial charge in [0, 0.05) is 11.6 Å². The van der Waals surface area contributed by atoms with E-state index < -0.39 is 5.97 Å². The molecule has 0 atom stereocenters. The molecule has 1 amide bonds. The topological polar surface area (TPSA) is 81.4 Å². The van der Waals surface area contributed by atoms with Gasteiger partial charge in [0.05, 0.1) is 30.5 Å². The molecule has 0 aliphatic rings. The van der Waals surface area contributed by atoms with Gasteiger partial charge < -0.3 is 14.6 Å². The maximum atomic E-state index is 12.2. The van der Waals surface area contributed by atoms with Crippen molar-refractivity contribution in [2.24, 2.45) is 0 Å². The van der Waals surface area contributed by atoms with Crippen LogP contribution in [0.3, 0.4) is 0 Å². The van der Waals surface area contributed by atoms with Crippen molar-refractivity contribution in [3.8, 4) is 11.3 Å². The Morgan fingerprint density at radius 1 is 1.08 bits per heavy atom. The SMILES string of the molecule is COC(=O)c1ccccc1NC(=O)Cc1cc(-c2ccccc2)on1. The molecule has 1 heterocycles. The second kappa shape index (κ2) is 7.44. The predicted molar refractivity (Wildman–Crippen MR) is 92.1 cm³/mol. The van der Waals surface area contributed by atoms with E-state index in [1.807, 2.05) is 30.3 Å². The summed E-state index contributed by atoms with van der Waals surface area (Å²) < 4.78 is 9.99. The predicted octanol–water partition coefficient (Wildman–Crippen LogP) is 3.31. The zero-order chi connectivity index (χ0) is 17.6. The zero-order valence-corrected chi connectivity index (χ0v) is 13.6. The van der Waals surface area contributed by atoms with E-state index in [0.29, 0.717) is 22.7 Å². The highest BCUT2D eigenvalue weighted by Gasteiger charge is 2.15. The van der Waals surface area contributed by atoms with Crippen molar-refractivity contribution in [1.29, 1.82) is 0 Å². The molecular weight excluding hydrogens is 320 g/mol. The van der Waals surface area contributed by atoms with Crippen LogP contribution in [0.25, 0.3) is 11.3 Å². The van der Waals surface area contributed by atoms with Gasteiger partial charge in [-0.2, -0.15) is 0 Å². The van der Waals surface area contributed by atoms with Gasteiger partial charge in [-0.3, -0.25) is 4.79 Å². The van der Waals surface area contributed by atoms with Crippen LogP contribution in [0, 0.1) is 0 Å². The number of amides is 1. The lowest BCUT2D eigenvalue weighted by Crippen LogP contribution is -2.17. The van der Waals surface area contributed by atoms with Crippen molar-refractivity contribution >= 4 is 17.6 Å². The van der Waals surface area contributed by atoms with E-state index in [1.54, 1.807) is 30.3 Å². The summed E-state index contributed by atoms with van der Waals surface area (Å²) in [6.45, 7) is 0. The molecular formula is C19H16N2O4. The van der Waals surface area contributed by atoms with E-state index in [9.17, 15) is 9.59 Å². The van der Waals surface area contributed by atoms with Crippen LogP contribution in [0.2, 0.25) is 0 Å². The second-order valence-electron chi connectivity index (χ2n) is 5.31. The van der Waals surface area contributed by atoms with Crippen LogP contribution < -0.4 is 5.32 Å². The molecule has 0 aliphatic heterocycles. The van der Waals surface area contributed by atoms with Crippen LogP contribution in [0.4, 0.5) is 5.69 Å². The Balaban J connectivity index is 1.70. The highest BCUT2D eigenvalue weighted by molar-refractivity contribution is 6.01. The number of esters is 1. The summed E-state index contributed by atoms with van der Waals surface area (Å²) in [5.41, 5.74) is 2.08. The maximum absolute atomic E-state index is 12.2. The number of para-hydroxylation sites is 1. The normalized spacial score (nSPS) is 10.3. The Labute approximate surface area is 144 Å². The quantitative estimate of drug-likeness (QED) is 0.723. The second-order valence-corrected chi connectivity index (χ2v) is 5.31. The summed E-state index contributed by atoms with van der Waals surface area (Å²) in [5.74, 6) is -0.216. The molecule has 3 rings (SSSR count). The fourth-order valence-electron chi connectivity index (χ4n) is 2.37. The first-order valence-corrected chi connectivity index (χ1v) is 7.65. The number of carbonyl (C=O) groups excluding carboxylic acids is 2. The van der Waals surface area contributed by atoms with E-state index in [-0.39, 0.29) is 12.3 Å². The molecule has 0 fully saturated rings. The fraction of sp³-hybridized carbons (Fsp3) is 0.105. The molecule has 126 valence electrons. The lowest BCUT2D eigenvalue weighted by Gasteiger charge is -2.08. The summed E-state index contributed by atoms with van der Waals surface area (Å²) in [4.78, 5) is 24.0. The number of ether oxygens (including phenoxy) is 1. The van der Waals surface area contributed by atoms with Gasteiger partial charge in [-0.05, 0) is 12.1 Å². The smallest absolute Gasteiger partial charge is 0.339 e. The Bertz CT molecular complexity index is 887. The van der Waals surface area contributed by atoms with E-state index in [1.165, 1.54) is 7.11 Å². The van der Waals surface area contributed by atoms with Gasteiger partial charge in [-0.1, -0.05) is 47.6 Å². The molecule has 2 aromatic carbocycles. The van der Waals surface area contributed by atoms with Crippen molar-refractivity contribution in [1.82, 2.24) is 5.16 Å². The Morgan fingerprint density at radius 2 is 1.80 bits per heavy atom. The summed E-state index contributed by atoms with van der Waals surface area (Å²) in [5, 5.41) is 6.62. The van der Waals surface area contributed by atoms with Gasteiger partial charge in [0.25, 0.3) is 0 Å². The van der Waals surface area contributed by atoms with Crippen LogP contribution in [0.1, 0.15) is 16.1 Å². The van der Waals surface area contributed by atoms with E-state index in [0.717, 1.165) is 5.56 Å². The Hall–Kier alpha value is -3.41. The largest absolute Gasteiger partial charge is 0.465 e. The number of methoxy groups -OCH3 is 1. The van der Waals surface area contributed by atoms with E-state index in [4.69, 9.17) is 9.26 Å². The van der Waals surface area contributed by atoms with Gasteiger partial charge in [-0.15, -0.1) is 0 Å². The van der Waals surface area contributed by atoms with Crippen molar-refractivity contribution < 1.29 is 18.8 Å². The number of hydrogen-bond donors (Lipinski definition) is 1. The van der Waals surface area contributed by atoms with Gasteiger partial charge in [-0.25, -0.2) is 4.79 Å². The fourth-order valence-corrected chi connectivity index (χ4v) is 2.37. The number of nitrogens with zero attached hydrogens (tertiary/aromatic N) is 1. The minimum Gasteiger partial charge on any atom is -0.465 e. The minimum absolute atomic E-state index is 0.0336. The zero-order valence-electron chi connectivity index (χ0n) is 13.6. The van der Waals surface area contributed by atoms with Crippen molar-refractivity contribution in [2.45, 2.75) is 6.42 Å². The number of benzene rings is 2. The Morgan fingerprint density at radius 3 is 2.56 bits per heavy atom. The first-order valence-electron chi connectivity index (χ1n) is 7.65. The van der Waals surface area contributed by atoms with Crippen LogP contribution in [-0.2, 0) is 16.0 Å². The van der Waals surface area contributed by atoms with Crippen LogP contribution in [0.5, 0.6) is 0 Å². The standard InChI is InChI=1S/C19H16N2O4/c1-24-19(23)15-9-5-6-10-16(15)20-18(22)12-14-11-17(25-21-14)13-7-3-2-4-8-13/h2-11H,12H2,1H3,(H,20,22). The van der Waals surface area contributed by atoms with E-state index in [2.05, 4.69) is 10.5 Å². The van der Waals surface area contributed by atoms with Crippen LogP contribution >= 0.6 is 0 Å². The Kier molecular flexibility index (Phi) is 4.89. The minimum atomic E-state index is -0.510. The van der Waals surface area contributed by atoms with Gasteiger partial charge in [0.1, 0.15) is 0 Å². The summed E-state index contributed by atoms with van der Waals surface area (Å²) >= 11 is 0. The summed E-state index contributed by atoms with van der Waals surface area (Å²) in [7, 11) is 1.29. The molecule has 6 nitrogen and oxygen atoms in total. The molecule has 1 N–H and O–H groups in total. The van der Waals surface area contributed by atoms with Gasteiger partial charge in [0.2, 0.25) is 5.91 Å². The maximum Gasteiger partial charge on any atom is 0.339 e. The molecule has 0 saturated carbocycles. The first kappa shape index (κ1) is 16.4. The molecule has 1 aromatic heterocycles. The van der Waals surface area contributed by atoms with Crippen LogP contribution in [0.15, 0.2) is 65.2 Å². The first-order chi connectivity index (χ1) is 12.2. The summed E-state index contributed by atoms with van der Waals surface area (Å²) in [6, 6.07) is 17.9. The number of aromatic nitrogens is 1. The third kappa shape index (κ3) is 3.92. The molecule has 0 unspecified atom stereocenters. The number of nitrogens with one attached hydrogen (secondary N) is 1. The average molecular weight is 336 g/mol. The van der Waals surface area contributed by atoms with Crippen molar-refractivity contribution in [3.63, 3.8) is 0 Å². The van der Waals surface area contributed by atoms with Gasteiger partial charge >= 0.3 is 5.97 Å². The lowest BCUT2D eigenvalue weighted by atomic mass is 10.1. The summed E-state index contributed by atoms with van der Waals surface area (Å²) in [6.07, 6.45) is 0.0336. The molecule has 0 saturated heterocycles. The molecule has 0 radical (unpaired) electrons.